The molecule has 1 aliphatic rings. The maximum Gasteiger partial charge on any atom is 0.191 e. The second kappa shape index (κ2) is 8.42. The van der Waals surface area contributed by atoms with Crippen LogP contribution in [0.25, 0.3) is 10.8 Å². The second-order valence-corrected chi connectivity index (χ2v) is 7.23. The molecule has 0 spiro atoms. The second-order valence-electron chi connectivity index (χ2n) is 7.23. The maximum atomic E-state index is 4.83. The van der Waals surface area contributed by atoms with Crippen molar-refractivity contribution >= 4 is 16.7 Å². The molecule has 1 unspecified atom stereocenters. The van der Waals surface area contributed by atoms with Gasteiger partial charge >= 0.3 is 0 Å². The van der Waals surface area contributed by atoms with Crippen LogP contribution in [0.15, 0.2) is 47.5 Å². The third-order valence-electron chi connectivity index (χ3n) is 5.17. The molecule has 1 atom stereocenters. The molecule has 0 saturated heterocycles. The number of fused-ring (bicyclic) bond motifs is 2. The molecular formula is C22H28N6. The Labute approximate surface area is 166 Å². The highest BCUT2D eigenvalue weighted by atomic mass is 15.4. The van der Waals surface area contributed by atoms with E-state index in [1.165, 1.54) is 16.3 Å². The van der Waals surface area contributed by atoms with Crippen LogP contribution in [0, 0.1) is 6.92 Å². The van der Waals surface area contributed by atoms with Crippen molar-refractivity contribution in [3.05, 3.63) is 59.7 Å². The topological polar surface area (TPSA) is 67.1 Å². The summed E-state index contributed by atoms with van der Waals surface area (Å²) in [6.45, 7) is 6.56. The van der Waals surface area contributed by atoms with Gasteiger partial charge in [-0.3, -0.25) is 4.99 Å². The summed E-state index contributed by atoms with van der Waals surface area (Å²) >= 11 is 0. The minimum atomic E-state index is 0.158. The maximum absolute atomic E-state index is 4.83. The van der Waals surface area contributed by atoms with Gasteiger partial charge in [0, 0.05) is 19.6 Å². The van der Waals surface area contributed by atoms with E-state index in [0.717, 1.165) is 56.5 Å². The highest BCUT2D eigenvalue weighted by Gasteiger charge is 2.24. The van der Waals surface area contributed by atoms with Crippen molar-refractivity contribution in [1.29, 1.82) is 0 Å². The van der Waals surface area contributed by atoms with E-state index >= 15 is 0 Å². The van der Waals surface area contributed by atoms with Gasteiger partial charge in [-0.2, -0.15) is 5.10 Å². The summed E-state index contributed by atoms with van der Waals surface area (Å²) < 4.78 is 2.02. The first-order valence-corrected chi connectivity index (χ1v) is 10.2. The van der Waals surface area contributed by atoms with Gasteiger partial charge in [0.05, 0.1) is 6.04 Å². The first kappa shape index (κ1) is 18.5. The molecule has 6 nitrogen and oxygen atoms in total. The normalized spacial score (nSPS) is 16.8. The standard InChI is InChI=1S/C22H28N6/c1-3-23-22(26-20-12-7-15-28-21(20)25-16(2)27-28)24-14-13-18-10-6-9-17-8-4-5-11-19(17)18/h4-6,8-11,20H,3,7,12-15H2,1-2H3,(H2,23,24,26). The van der Waals surface area contributed by atoms with E-state index < -0.39 is 0 Å². The summed E-state index contributed by atoms with van der Waals surface area (Å²) in [7, 11) is 0. The number of nitrogens with one attached hydrogen (secondary N) is 2. The number of rotatable bonds is 5. The first-order valence-electron chi connectivity index (χ1n) is 10.2. The van der Waals surface area contributed by atoms with Gasteiger partial charge < -0.3 is 10.6 Å². The third kappa shape index (κ3) is 4.01. The quantitative estimate of drug-likeness (QED) is 0.529. The van der Waals surface area contributed by atoms with Crippen LogP contribution >= 0.6 is 0 Å². The van der Waals surface area contributed by atoms with Crippen LogP contribution in [0.3, 0.4) is 0 Å². The monoisotopic (exact) mass is 376 g/mol. The Morgan fingerprint density at radius 2 is 2.07 bits per heavy atom. The molecule has 2 heterocycles. The number of nitrogens with zero attached hydrogens (tertiary/aromatic N) is 4. The van der Waals surface area contributed by atoms with Crippen LogP contribution in [0.4, 0.5) is 0 Å². The van der Waals surface area contributed by atoms with Crippen LogP contribution in [-0.2, 0) is 13.0 Å². The van der Waals surface area contributed by atoms with E-state index in [2.05, 4.69) is 70.1 Å². The van der Waals surface area contributed by atoms with Crippen molar-refractivity contribution in [3.63, 3.8) is 0 Å². The SMILES string of the molecule is CCNC(=NCCc1cccc2ccccc12)NC1CCCn2nc(C)nc21. The lowest BCUT2D eigenvalue weighted by molar-refractivity contribution is 0.397. The Morgan fingerprint density at radius 1 is 1.21 bits per heavy atom. The van der Waals surface area contributed by atoms with E-state index in [9.17, 15) is 0 Å². The summed E-state index contributed by atoms with van der Waals surface area (Å²) in [6.07, 6.45) is 3.06. The highest BCUT2D eigenvalue weighted by Crippen LogP contribution is 2.23. The molecule has 6 heteroatoms. The minimum Gasteiger partial charge on any atom is -0.357 e. The molecule has 3 aromatic rings. The van der Waals surface area contributed by atoms with Crippen molar-refractivity contribution < 1.29 is 0 Å². The Balaban J connectivity index is 1.47. The van der Waals surface area contributed by atoms with E-state index in [1.807, 2.05) is 11.6 Å². The molecule has 2 aromatic carbocycles. The Hall–Kier alpha value is -2.89. The van der Waals surface area contributed by atoms with Gasteiger partial charge in [0.2, 0.25) is 0 Å². The van der Waals surface area contributed by atoms with Crippen LogP contribution < -0.4 is 10.6 Å². The summed E-state index contributed by atoms with van der Waals surface area (Å²) in [4.78, 5) is 9.44. The molecule has 0 saturated carbocycles. The first-order chi connectivity index (χ1) is 13.7. The summed E-state index contributed by atoms with van der Waals surface area (Å²) in [5.41, 5.74) is 1.34. The summed E-state index contributed by atoms with van der Waals surface area (Å²) in [5, 5.41) is 14.0. The Morgan fingerprint density at radius 3 is 2.96 bits per heavy atom. The van der Waals surface area contributed by atoms with Crippen molar-refractivity contribution in [2.75, 3.05) is 13.1 Å². The lowest BCUT2D eigenvalue weighted by Gasteiger charge is -2.25. The molecule has 0 fully saturated rings. The summed E-state index contributed by atoms with van der Waals surface area (Å²) in [6, 6.07) is 15.2. The smallest absolute Gasteiger partial charge is 0.191 e. The fourth-order valence-corrected chi connectivity index (χ4v) is 3.89. The Kier molecular flexibility index (Phi) is 5.55. The predicted octanol–water partition coefficient (Wildman–Crippen LogP) is 3.37. The van der Waals surface area contributed by atoms with Crippen molar-refractivity contribution in [1.82, 2.24) is 25.4 Å². The molecule has 0 radical (unpaired) electrons. The lowest BCUT2D eigenvalue weighted by atomic mass is 10.0. The zero-order valence-corrected chi connectivity index (χ0v) is 16.7. The fraction of sp³-hybridized carbons (Fsp3) is 0.409. The number of hydrogen-bond donors (Lipinski definition) is 2. The van der Waals surface area contributed by atoms with Gasteiger partial charge in [-0.15, -0.1) is 0 Å². The van der Waals surface area contributed by atoms with Gasteiger partial charge in [0.25, 0.3) is 0 Å². The van der Waals surface area contributed by atoms with Crippen molar-refractivity contribution in [2.24, 2.45) is 4.99 Å². The lowest BCUT2D eigenvalue weighted by Crippen LogP contribution is -2.41. The van der Waals surface area contributed by atoms with Gasteiger partial charge in [0.15, 0.2) is 5.96 Å². The van der Waals surface area contributed by atoms with E-state index in [0.29, 0.717) is 0 Å². The average Bonchev–Trinajstić information content (AvgIpc) is 3.09. The van der Waals surface area contributed by atoms with Crippen LogP contribution in [0.2, 0.25) is 0 Å². The largest absolute Gasteiger partial charge is 0.357 e. The van der Waals surface area contributed by atoms with E-state index in [-0.39, 0.29) is 6.04 Å². The number of aryl methyl sites for hydroxylation is 2. The van der Waals surface area contributed by atoms with Crippen LogP contribution in [-0.4, -0.2) is 33.8 Å². The number of aromatic nitrogens is 3. The Bertz CT molecular complexity index is 969. The molecule has 0 amide bonds. The molecule has 146 valence electrons. The van der Waals surface area contributed by atoms with Crippen molar-refractivity contribution in [2.45, 2.75) is 45.7 Å². The number of benzene rings is 2. The molecule has 4 rings (SSSR count). The number of hydrogen-bond acceptors (Lipinski definition) is 3. The molecule has 0 bridgehead atoms. The van der Waals surface area contributed by atoms with Crippen LogP contribution in [0.5, 0.6) is 0 Å². The zero-order chi connectivity index (χ0) is 19.3. The van der Waals surface area contributed by atoms with E-state index in [1.54, 1.807) is 0 Å². The number of guanidine groups is 1. The van der Waals surface area contributed by atoms with Crippen molar-refractivity contribution in [3.8, 4) is 0 Å². The predicted molar refractivity (Wildman–Crippen MR) is 114 cm³/mol. The molecule has 0 aliphatic carbocycles. The van der Waals surface area contributed by atoms with Gasteiger partial charge in [0.1, 0.15) is 11.6 Å². The third-order valence-corrected chi connectivity index (χ3v) is 5.17. The highest BCUT2D eigenvalue weighted by molar-refractivity contribution is 5.85. The molecule has 1 aromatic heterocycles. The van der Waals surface area contributed by atoms with Gasteiger partial charge in [-0.1, -0.05) is 42.5 Å². The number of aliphatic imine (C=N–C) groups is 1. The molecule has 1 aliphatic heterocycles. The summed E-state index contributed by atoms with van der Waals surface area (Å²) in [5.74, 6) is 2.70. The molecular weight excluding hydrogens is 348 g/mol. The average molecular weight is 377 g/mol. The van der Waals surface area contributed by atoms with Gasteiger partial charge in [-0.05, 0) is 49.4 Å². The molecule has 2 N–H and O–H groups in total. The van der Waals surface area contributed by atoms with Gasteiger partial charge in [-0.25, -0.2) is 9.67 Å². The minimum absolute atomic E-state index is 0.158. The van der Waals surface area contributed by atoms with E-state index in [4.69, 9.17) is 4.99 Å². The fourth-order valence-electron chi connectivity index (χ4n) is 3.89. The molecule has 28 heavy (non-hydrogen) atoms. The van der Waals surface area contributed by atoms with Crippen LogP contribution in [0.1, 0.15) is 43.0 Å². The zero-order valence-electron chi connectivity index (χ0n) is 16.7.